The molecule has 0 saturated carbocycles. The van der Waals surface area contributed by atoms with Crippen LogP contribution in [0.5, 0.6) is 0 Å². The standard InChI is InChI=1S/C10H22S.C5H5NO/c1-3-5-7-9-11-10-8-6-4-2;7-5-3-1-2-4-6-5/h3-10H2,1-2H3;1-4H,(H,6,7). The molecule has 0 aromatic carbocycles. The van der Waals surface area contributed by atoms with Gasteiger partial charge in [0.15, 0.2) is 0 Å². The number of H-pyrrole nitrogens is 1. The Balaban J connectivity index is 0.000000351. The van der Waals surface area contributed by atoms with Gasteiger partial charge in [-0.15, -0.1) is 0 Å². The maximum absolute atomic E-state index is 10.2. The molecule has 0 aliphatic carbocycles. The number of pyridine rings is 1. The molecule has 0 aliphatic rings. The molecule has 0 spiro atoms. The fourth-order valence-electron chi connectivity index (χ4n) is 1.39. The first-order chi connectivity index (χ1) is 8.81. The van der Waals surface area contributed by atoms with Crippen molar-refractivity contribution < 1.29 is 0 Å². The SMILES string of the molecule is CCCCCSCCCCC.O=c1cccc[nH]1. The van der Waals surface area contributed by atoms with Crippen molar-refractivity contribution >= 4 is 11.8 Å². The third-order valence-corrected chi connectivity index (χ3v) is 3.62. The van der Waals surface area contributed by atoms with Crippen LogP contribution in [0.25, 0.3) is 0 Å². The predicted octanol–water partition coefficient (Wildman–Crippen LogP) is 4.47. The molecule has 0 bridgehead atoms. The van der Waals surface area contributed by atoms with Crippen molar-refractivity contribution in [3.05, 3.63) is 34.7 Å². The molecule has 1 rings (SSSR count). The molecule has 1 aromatic heterocycles. The van der Waals surface area contributed by atoms with Crippen molar-refractivity contribution in [2.75, 3.05) is 11.5 Å². The molecule has 0 saturated heterocycles. The van der Waals surface area contributed by atoms with E-state index in [-0.39, 0.29) is 5.56 Å². The Labute approximate surface area is 116 Å². The highest BCUT2D eigenvalue weighted by Gasteiger charge is 1.88. The normalized spacial score (nSPS) is 9.67. The lowest BCUT2D eigenvalue weighted by atomic mass is 10.3. The quantitative estimate of drug-likeness (QED) is 0.706. The lowest BCUT2D eigenvalue weighted by Gasteiger charge is -1.99. The van der Waals surface area contributed by atoms with E-state index in [1.807, 2.05) is 0 Å². The monoisotopic (exact) mass is 269 g/mol. The van der Waals surface area contributed by atoms with Crippen LogP contribution >= 0.6 is 11.8 Å². The summed E-state index contributed by atoms with van der Waals surface area (Å²) in [4.78, 5) is 12.7. The van der Waals surface area contributed by atoms with Gasteiger partial charge in [-0.3, -0.25) is 4.79 Å². The Morgan fingerprint density at radius 2 is 1.61 bits per heavy atom. The second-order valence-corrected chi connectivity index (χ2v) is 5.48. The fraction of sp³-hybridized carbons (Fsp3) is 0.667. The Hall–Kier alpha value is -0.700. The van der Waals surface area contributed by atoms with Gasteiger partial charge in [0.2, 0.25) is 5.56 Å². The molecule has 0 amide bonds. The molecule has 104 valence electrons. The summed E-state index contributed by atoms with van der Waals surface area (Å²) in [5.41, 5.74) is -0.0532. The number of hydrogen-bond donors (Lipinski definition) is 1. The van der Waals surface area contributed by atoms with Gasteiger partial charge in [-0.05, 0) is 30.4 Å². The van der Waals surface area contributed by atoms with Crippen LogP contribution in [0.2, 0.25) is 0 Å². The lowest BCUT2D eigenvalue weighted by Crippen LogP contribution is -1.98. The van der Waals surface area contributed by atoms with Gasteiger partial charge in [-0.1, -0.05) is 45.6 Å². The van der Waals surface area contributed by atoms with Crippen molar-refractivity contribution in [3.63, 3.8) is 0 Å². The number of nitrogens with one attached hydrogen (secondary N) is 1. The lowest BCUT2D eigenvalue weighted by molar-refractivity contribution is 0.768. The number of hydrogen-bond acceptors (Lipinski definition) is 2. The predicted molar refractivity (Wildman–Crippen MR) is 83.4 cm³/mol. The molecule has 0 unspecified atom stereocenters. The van der Waals surface area contributed by atoms with E-state index in [0.717, 1.165) is 0 Å². The maximum Gasteiger partial charge on any atom is 0.247 e. The highest BCUT2D eigenvalue weighted by molar-refractivity contribution is 7.99. The molecular formula is C15H27NOS. The maximum atomic E-state index is 10.2. The first-order valence-corrected chi connectivity index (χ1v) is 8.18. The van der Waals surface area contributed by atoms with Gasteiger partial charge in [-0.2, -0.15) is 11.8 Å². The van der Waals surface area contributed by atoms with E-state index in [2.05, 4.69) is 30.6 Å². The van der Waals surface area contributed by atoms with Gasteiger partial charge >= 0.3 is 0 Å². The van der Waals surface area contributed by atoms with E-state index in [1.54, 1.807) is 18.3 Å². The Kier molecular flexibility index (Phi) is 13.8. The number of aromatic amines is 1. The van der Waals surface area contributed by atoms with Crippen LogP contribution in [0.4, 0.5) is 0 Å². The number of rotatable bonds is 8. The largest absolute Gasteiger partial charge is 0.329 e. The highest BCUT2D eigenvalue weighted by atomic mass is 32.2. The summed E-state index contributed by atoms with van der Waals surface area (Å²) in [5.74, 6) is 2.77. The van der Waals surface area contributed by atoms with Crippen molar-refractivity contribution in [1.29, 1.82) is 0 Å². The molecule has 0 aliphatic heterocycles. The third-order valence-electron chi connectivity index (χ3n) is 2.46. The summed E-state index contributed by atoms with van der Waals surface area (Å²) >= 11 is 2.13. The van der Waals surface area contributed by atoms with Crippen molar-refractivity contribution in [2.45, 2.75) is 52.4 Å². The molecule has 1 heterocycles. The molecule has 0 fully saturated rings. The smallest absolute Gasteiger partial charge is 0.247 e. The molecule has 0 atom stereocenters. The van der Waals surface area contributed by atoms with Gasteiger partial charge in [0.1, 0.15) is 0 Å². The van der Waals surface area contributed by atoms with E-state index < -0.39 is 0 Å². The Bertz CT molecular complexity index is 286. The first-order valence-electron chi connectivity index (χ1n) is 7.02. The fourth-order valence-corrected chi connectivity index (χ4v) is 2.41. The number of thioether (sulfide) groups is 1. The second kappa shape index (κ2) is 14.4. The average molecular weight is 269 g/mol. The molecule has 2 nitrogen and oxygen atoms in total. The second-order valence-electron chi connectivity index (χ2n) is 4.25. The minimum Gasteiger partial charge on any atom is -0.329 e. The van der Waals surface area contributed by atoms with Crippen molar-refractivity contribution in [2.24, 2.45) is 0 Å². The third kappa shape index (κ3) is 13.4. The van der Waals surface area contributed by atoms with Gasteiger partial charge in [-0.25, -0.2) is 0 Å². The molecule has 1 N–H and O–H groups in total. The van der Waals surface area contributed by atoms with E-state index in [4.69, 9.17) is 0 Å². The number of aromatic nitrogens is 1. The topological polar surface area (TPSA) is 32.9 Å². The van der Waals surface area contributed by atoms with Crippen LogP contribution < -0.4 is 5.56 Å². The minimum atomic E-state index is -0.0532. The van der Waals surface area contributed by atoms with Crippen molar-refractivity contribution in [3.8, 4) is 0 Å². The van der Waals surface area contributed by atoms with Crippen LogP contribution in [0.1, 0.15) is 52.4 Å². The van der Waals surface area contributed by atoms with Gasteiger partial charge in [0.25, 0.3) is 0 Å². The van der Waals surface area contributed by atoms with E-state index in [0.29, 0.717) is 0 Å². The summed E-state index contributed by atoms with van der Waals surface area (Å²) in [6.45, 7) is 4.53. The molecule has 3 heteroatoms. The molecular weight excluding hydrogens is 242 g/mol. The van der Waals surface area contributed by atoms with Crippen LogP contribution in [-0.2, 0) is 0 Å². The Morgan fingerprint density at radius 1 is 1.00 bits per heavy atom. The summed E-state index contributed by atoms with van der Waals surface area (Å²) in [5, 5.41) is 0. The van der Waals surface area contributed by atoms with Gasteiger partial charge in [0, 0.05) is 12.3 Å². The van der Waals surface area contributed by atoms with E-state index in [1.165, 1.54) is 56.1 Å². The van der Waals surface area contributed by atoms with Crippen LogP contribution in [-0.4, -0.2) is 16.5 Å². The summed E-state index contributed by atoms with van der Waals surface area (Å²) in [6, 6.07) is 4.93. The minimum absolute atomic E-state index is 0.0532. The average Bonchev–Trinajstić information content (AvgIpc) is 2.39. The zero-order chi connectivity index (χ0) is 13.5. The van der Waals surface area contributed by atoms with Gasteiger partial charge in [0.05, 0.1) is 0 Å². The Morgan fingerprint density at radius 3 is 1.94 bits per heavy atom. The number of unbranched alkanes of at least 4 members (excludes halogenated alkanes) is 4. The molecule has 18 heavy (non-hydrogen) atoms. The summed E-state index contributed by atoms with van der Waals surface area (Å²) in [7, 11) is 0. The summed E-state index contributed by atoms with van der Waals surface area (Å²) < 4.78 is 0. The van der Waals surface area contributed by atoms with Crippen LogP contribution in [0.15, 0.2) is 29.2 Å². The van der Waals surface area contributed by atoms with Crippen molar-refractivity contribution in [1.82, 2.24) is 4.98 Å². The van der Waals surface area contributed by atoms with Gasteiger partial charge < -0.3 is 4.98 Å². The molecule has 1 aromatic rings. The first kappa shape index (κ1) is 17.3. The van der Waals surface area contributed by atoms with Crippen LogP contribution in [0, 0.1) is 0 Å². The van der Waals surface area contributed by atoms with Crippen LogP contribution in [0.3, 0.4) is 0 Å². The van der Waals surface area contributed by atoms with E-state index >= 15 is 0 Å². The zero-order valence-corrected chi connectivity index (χ0v) is 12.6. The summed E-state index contributed by atoms with van der Waals surface area (Å²) in [6.07, 6.45) is 10.00. The van der Waals surface area contributed by atoms with E-state index in [9.17, 15) is 4.79 Å². The molecule has 0 radical (unpaired) electrons. The highest BCUT2D eigenvalue weighted by Crippen LogP contribution is 2.09. The zero-order valence-electron chi connectivity index (χ0n) is 11.8.